The van der Waals surface area contributed by atoms with Crippen molar-refractivity contribution in [3.8, 4) is 5.75 Å². The van der Waals surface area contributed by atoms with Gasteiger partial charge in [-0.3, -0.25) is 0 Å². The number of nitrogens with one attached hydrogen (secondary N) is 1. The number of anilines is 1. The molecule has 3 nitrogen and oxygen atoms in total. The fraction of sp³-hybridized carbons (Fsp3) is 0.455. The van der Waals surface area contributed by atoms with Gasteiger partial charge in [0.1, 0.15) is 5.75 Å². The van der Waals surface area contributed by atoms with Crippen molar-refractivity contribution in [3.63, 3.8) is 0 Å². The summed E-state index contributed by atoms with van der Waals surface area (Å²) in [5, 5.41) is 3.89. The Morgan fingerprint density at radius 2 is 1.72 bits per heavy atom. The summed E-state index contributed by atoms with van der Waals surface area (Å²) < 4.78 is 5.31. The molecule has 2 atom stereocenters. The van der Waals surface area contributed by atoms with Crippen molar-refractivity contribution < 1.29 is 4.74 Å². The summed E-state index contributed by atoms with van der Waals surface area (Å²) in [5.41, 5.74) is 9.31. The fourth-order valence-electron chi connectivity index (χ4n) is 3.95. The van der Waals surface area contributed by atoms with Crippen LogP contribution in [0.15, 0.2) is 48.5 Å². The number of rotatable bonds is 6. The second-order valence-corrected chi connectivity index (χ2v) is 7.23. The van der Waals surface area contributed by atoms with Gasteiger partial charge in [-0.15, -0.1) is 0 Å². The first-order chi connectivity index (χ1) is 12.2. The second-order valence-electron chi connectivity index (χ2n) is 7.23. The quantitative estimate of drug-likeness (QED) is 0.735. The van der Waals surface area contributed by atoms with E-state index in [9.17, 15) is 0 Å². The number of ether oxygens (including phenoxy) is 1. The maximum absolute atomic E-state index is 6.05. The first-order valence-corrected chi connectivity index (χ1v) is 9.43. The van der Waals surface area contributed by atoms with Gasteiger partial charge in [0.15, 0.2) is 0 Å². The van der Waals surface area contributed by atoms with E-state index in [-0.39, 0.29) is 6.04 Å². The fourth-order valence-corrected chi connectivity index (χ4v) is 3.95. The van der Waals surface area contributed by atoms with Gasteiger partial charge in [0.05, 0.1) is 13.2 Å². The van der Waals surface area contributed by atoms with Crippen molar-refractivity contribution in [2.45, 2.75) is 51.1 Å². The molecular weight excluding hydrogens is 308 g/mol. The van der Waals surface area contributed by atoms with Gasteiger partial charge < -0.3 is 15.8 Å². The van der Waals surface area contributed by atoms with Gasteiger partial charge in [0.25, 0.3) is 0 Å². The highest BCUT2D eigenvalue weighted by Gasteiger charge is 2.24. The van der Waals surface area contributed by atoms with E-state index in [0.29, 0.717) is 6.04 Å². The van der Waals surface area contributed by atoms with Crippen LogP contribution in [0.5, 0.6) is 5.75 Å². The van der Waals surface area contributed by atoms with Gasteiger partial charge in [-0.2, -0.15) is 0 Å². The number of hydrogen-bond donors (Lipinski definition) is 2. The van der Waals surface area contributed by atoms with Crippen molar-refractivity contribution in [1.82, 2.24) is 5.32 Å². The number of nitrogens with two attached hydrogens (primary N) is 1. The standard InChI is InChI=1S/C22H30N2O/c1-16(17-7-4-3-5-8-17)24-22(19-9-6-10-20(23)15-19)18-11-13-21(25-2)14-12-18/h6,9-17,22,24H,3-5,7-8,23H2,1-2H3. The lowest BCUT2D eigenvalue weighted by Gasteiger charge is -2.32. The van der Waals surface area contributed by atoms with Crippen LogP contribution < -0.4 is 15.8 Å². The van der Waals surface area contributed by atoms with Crippen LogP contribution in [0.2, 0.25) is 0 Å². The van der Waals surface area contributed by atoms with E-state index in [1.165, 1.54) is 43.2 Å². The summed E-state index contributed by atoms with van der Waals surface area (Å²) in [4.78, 5) is 0. The number of nitrogen functional groups attached to an aromatic ring is 1. The molecule has 0 bridgehead atoms. The van der Waals surface area contributed by atoms with Crippen LogP contribution in [0, 0.1) is 5.92 Å². The van der Waals surface area contributed by atoms with Crippen LogP contribution in [0.3, 0.4) is 0 Å². The zero-order valence-electron chi connectivity index (χ0n) is 15.4. The molecule has 0 spiro atoms. The molecule has 3 rings (SSSR count). The van der Waals surface area contributed by atoms with Crippen molar-refractivity contribution in [2.75, 3.05) is 12.8 Å². The van der Waals surface area contributed by atoms with Gasteiger partial charge in [-0.1, -0.05) is 43.5 Å². The lowest BCUT2D eigenvalue weighted by molar-refractivity contribution is 0.272. The maximum atomic E-state index is 6.05. The van der Waals surface area contributed by atoms with E-state index in [1.54, 1.807) is 7.11 Å². The summed E-state index contributed by atoms with van der Waals surface area (Å²) >= 11 is 0. The molecule has 1 aliphatic rings. The van der Waals surface area contributed by atoms with Gasteiger partial charge in [0.2, 0.25) is 0 Å². The number of benzene rings is 2. The Morgan fingerprint density at radius 3 is 2.36 bits per heavy atom. The Bertz CT molecular complexity index is 662. The summed E-state index contributed by atoms with van der Waals surface area (Å²) in [6.45, 7) is 2.33. The largest absolute Gasteiger partial charge is 0.497 e. The first-order valence-electron chi connectivity index (χ1n) is 9.43. The minimum Gasteiger partial charge on any atom is -0.497 e. The van der Waals surface area contributed by atoms with Gasteiger partial charge in [-0.05, 0) is 61.1 Å². The normalized spacial score (nSPS) is 17.8. The smallest absolute Gasteiger partial charge is 0.118 e. The van der Waals surface area contributed by atoms with E-state index in [4.69, 9.17) is 10.5 Å². The summed E-state index contributed by atoms with van der Waals surface area (Å²) in [6, 6.07) is 17.2. The Morgan fingerprint density at radius 1 is 1.00 bits per heavy atom. The highest BCUT2D eigenvalue weighted by Crippen LogP contribution is 2.30. The van der Waals surface area contributed by atoms with E-state index < -0.39 is 0 Å². The molecule has 25 heavy (non-hydrogen) atoms. The zero-order valence-corrected chi connectivity index (χ0v) is 15.4. The molecular formula is C22H30N2O. The van der Waals surface area contributed by atoms with Crippen molar-refractivity contribution in [1.29, 1.82) is 0 Å². The lowest BCUT2D eigenvalue weighted by atomic mass is 9.83. The molecule has 2 aromatic rings. The molecule has 1 saturated carbocycles. The molecule has 3 N–H and O–H groups in total. The molecule has 0 amide bonds. The molecule has 0 aromatic heterocycles. The number of methoxy groups -OCH3 is 1. The minimum absolute atomic E-state index is 0.145. The Hall–Kier alpha value is -2.00. The van der Waals surface area contributed by atoms with Crippen molar-refractivity contribution in [2.24, 2.45) is 5.92 Å². The van der Waals surface area contributed by atoms with Crippen molar-refractivity contribution in [3.05, 3.63) is 59.7 Å². The molecule has 2 unspecified atom stereocenters. The summed E-state index contributed by atoms with van der Waals surface area (Å²) in [5.74, 6) is 1.64. The van der Waals surface area contributed by atoms with Crippen LogP contribution in [0.25, 0.3) is 0 Å². The van der Waals surface area contributed by atoms with Gasteiger partial charge >= 0.3 is 0 Å². The van der Waals surface area contributed by atoms with E-state index >= 15 is 0 Å². The molecule has 134 valence electrons. The Labute approximate surface area is 151 Å². The third-order valence-electron chi connectivity index (χ3n) is 5.48. The molecule has 0 radical (unpaired) electrons. The average molecular weight is 338 g/mol. The summed E-state index contributed by atoms with van der Waals surface area (Å²) in [7, 11) is 1.70. The highest BCUT2D eigenvalue weighted by atomic mass is 16.5. The summed E-state index contributed by atoms with van der Waals surface area (Å²) in [6.07, 6.45) is 6.78. The third kappa shape index (κ3) is 4.55. The van der Waals surface area contributed by atoms with E-state index in [2.05, 4.69) is 36.5 Å². The highest BCUT2D eigenvalue weighted by molar-refractivity contribution is 5.45. The molecule has 0 aliphatic heterocycles. The molecule has 3 heteroatoms. The molecule has 0 saturated heterocycles. The SMILES string of the molecule is COc1ccc(C(NC(C)C2CCCCC2)c2cccc(N)c2)cc1. The van der Waals surface area contributed by atoms with Crippen LogP contribution in [-0.4, -0.2) is 13.2 Å². The average Bonchev–Trinajstić information content (AvgIpc) is 2.67. The topological polar surface area (TPSA) is 47.3 Å². The molecule has 0 heterocycles. The van der Waals surface area contributed by atoms with Gasteiger partial charge in [-0.25, -0.2) is 0 Å². The molecule has 1 aliphatic carbocycles. The lowest BCUT2D eigenvalue weighted by Crippen LogP contribution is -2.37. The Balaban J connectivity index is 1.85. The second kappa shape index (κ2) is 8.39. The van der Waals surface area contributed by atoms with E-state index in [1.807, 2.05) is 24.3 Å². The first kappa shape index (κ1) is 17.8. The maximum Gasteiger partial charge on any atom is 0.118 e. The van der Waals surface area contributed by atoms with Crippen LogP contribution in [0.1, 0.15) is 56.2 Å². The number of hydrogen-bond acceptors (Lipinski definition) is 3. The molecule has 2 aromatic carbocycles. The monoisotopic (exact) mass is 338 g/mol. The van der Waals surface area contributed by atoms with Crippen LogP contribution in [-0.2, 0) is 0 Å². The minimum atomic E-state index is 0.145. The third-order valence-corrected chi connectivity index (χ3v) is 5.48. The van der Waals surface area contributed by atoms with Crippen LogP contribution >= 0.6 is 0 Å². The van der Waals surface area contributed by atoms with Crippen LogP contribution in [0.4, 0.5) is 5.69 Å². The van der Waals surface area contributed by atoms with Gasteiger partial charge in [0, 0.05) is 11.7 Å². The predicted octanol–water partition coefficient (Wildman–Crippen LogP) is 4.93. The van der Waals surface area contributed by atoms with E-state index in [0.717, 1.165) is 17.4 Å². The Kier molecular flexibility index (Phi) is 5.98. The predicted molar refractivity (Wildman–Crippen MR) is 105 cm³/mol. The molecule has 1 fully saturated rings. The van der Waals surface area contributed by atoms with Crippen molar-refractivity contribution >= 4 is 5.69 Å². The zero-order chi connectivity index (χ0) is 17.6.